The van der Waals surface area contributed by atoms with Gasteiger partial charge in [-0.3, -0.25) is 0 Å². The molecular formula is C19H35NO. The van der Waals surface area contributed by atoms with Gasteiger partial charge in [0.15, 0.2) is 0 Å². The Morgan fingerprint density at radius 1 is 1.05 bits per heavy atom. The van der Waals surface area contributed by atoms with Crippen molar-refractivity contribution < 1.29 is 4.74 Å². The van der Waals surface area contributed by atoms with Crippen molar-refractivity contribution in [2.75, 3.05) is 13.2 Å². The molecule has 2 heteroatoms. The van der Waals surface area contributed by atoms with E-state index in [0.29, 0.717) is 5.41 Å². The molecule has 0 amide bonds. The standard InChI is InChI=1S/C19H35NO/c1-3-12-20-17-7-11-18(2,15-17)16-8-13-21-19(14-16)9-5-4-6-10-19/h16-17,20H,3-15H2,1-2H3. The summed E-state index contributed by atoms with van der Waals surface area (Å²) in [6.45, 7) is 7.06. The van der Waals surface area contributed by atoms with Crippen molar-refractivity contribution in [1.29, 1.82) is 0 Å². The molecule has 1 heterocycles. The molecule has 1 saturated heterocycles. The molecule has 3 unspecified atom stereocenters. The minimum Gasteiger partial charge on any atom is -0.375 e. The van der Waals surface area contributed by atoms with Crippen LogP contribution in [0.1, 0.15) is 84.5 Å². The molecule has 3 atom stereocenters. The zero-order chi connectivity index (χ0) is 14.8. The van der Waals surface area contributed by atoms with Crippen LogP contribution < -0.4 is 5.32 Å². The highest BCUT2D eigenvalue weighted by Gasteiger charge is 2.47. The zero-order valence-electron chi connectivity index (χ0n) is 14.3. The van der Waals surface area contributed by atoms with Crippen LogP contribution in [0.5, 0.6) is 0 Å². The fraction of sp³-hybridized carbons (Fsp3) is 1.00. The molecule has 0 aromatic rings. The van der Waals surface area contributed by atoms with Crippen molar-refractivity contribution in [3.05, 3.63) is 0 Å². The van der Waals surface area contributed by atoms with Crippen LogP contribution in [0.4, 0.5) is 0 Å². The Morgan fingerprint density at radius 2 is 1.86 bits per heavy atom. The van der Waals surface area contributed by atoms with E-state index < -0.39 is 0 Å². The van der Waals surface area contributed by atoms with E-state index in [1.807, 2.05) is 0 Å². The molecule has 0 bridgehead atoms. The normalized spacial score (nSPS) is 39.7. The predicted molar refractivity (Wildman–Crippen MR) is 88.5 cm³/mol. The summed E-state index contributed by atoms with van der Waals surface area (Å²) in [7, 11) is 0. The summed E-state index contributed by atoms with van der Waals surface area (Å²) >= 11 is 0. The minimum absolute atomic E-state index is 0.277. The molecule has 21 heavy (non-hydrogen) atoms. The summed E-state index contributed by atoms with van der Waals surface area (Å²) in [4.78, 5) is 0. The number of hydrogen-bond acceptors (Lipinski definition) is 2. The van der Waals surface area contributed by atoms with E-state index in [1.165, 1.54) is 77.2 Å². The van der Waals surface area contributed by atoms with Gasteiger partial charge in [0.05, 0.1) is 5.60 Å². The monoisotopic (exact) mass is 293 g/mol. The highest BCUT2D eigenvalue weighted by atomic mass is 16.5. The first-order valence-corrected chi connectivity index (χ1v) is 9.53. The number of ether oxygens (including phenoxy) is 1. The zero-order valence-corrected chi connectivity index (χ0v) is 14.3. The summed E-state index contributed by atoms with van der Waals surface area (Å²) in [5.41, 5.74) is 0.846. The van der Waals surface area contributed by atoms with Crippen molar-refractivity contribution in [1.82, 2.24) is 5.32 Å². The Hall–Kier alpha value is -0.0800. The molecule has 2 nitrogen and oxygen atoms in total. The van der Waals surface area contributed by atoms with Gasteiger partial charge in [0.1, 0.15) is 0 Å². The molecule has 122 valence electrons. The van der Waals surface area contributed by atoms with Gasteiger partial charge in [-0.2, -0.15) is 0 Å². The third-order valence-electron chi connectivity index (χ3n) is 6.70. The summed E-state index contributed by atoms with van der Waals surface area (Å²) in [5, 5.41) is 3.77. The topological polar surface area (TPSA) is 21.3 Å². The average Bonchev–Trinajstić information content (AvgIpc) is 2.89. The van der Waals surface area contributed by atoms with Gasteiger partial charge < -0.3 is 10.1 Å². The lowest BCUT2D eigenvalue weighted by atomic mass is 9.65. The second-order valence-corrected chi connectivity index (χ2v) is 8.33. The van der Waals surface area contributed by atoms with E-state index in [0.717, 1.165) is 18.6 Å². The van der Waals surface area contributed by atoms with Crippen LogP contribution in [0.2, 0.25) is 0 Å². The van der Waals surface area contributed by atoms with Gasteiger partial charge in [0, 0.05) is 12.6 Å². The number of hydrogen-bond donors (Lipinski definition) is 1. The molecular weight excluding hydrogens is 258 g/mol. The highest BCUT2D eigenvalue weighted by molar-refractivity contribution is 4.99. The van der Waals surface area contributed by atoms with Gasteiger partial charge in [0.25, 0.3) is 0 Å². The second kappa shape index (κ2) is 6.58. The van der Waals surface area contributed by atoms with E-state index in [1.54, 1.807) is 0 Å². The number of nitrogens with one attached hydrogen (secondary N) is 1. The van der Waals surface area contributed by atoms with Crippen molar-refractivity contribution in [3.63, 3.8) is 0 Å². The van der Waals surface area contributed by atoms with Gasteiger partial charge >= 0.3 is 0 Å². The highest BCUT2D eigenvalue weighted by Crippen LogP contribution is 2.52. The molecule has 2 aliphatic carbocycles. The maximum Gasteiger partial charge on any atom is 0.0685 e. The Balaban J connectivity index is 1.60. The van der Waals surface area contributed by atoms with E-state index in [2.05, 4.69) is 19.2 Å². The molecule has 1 spiro atoms. The van der Waals surface area contributed by atoms with Crippen LogP contribution in [0.15, 0.2) is 0 Å². The molecule has 3 rings (SSSR count). The molecule has 0 aromatic heterocycles. The van der Waals surface area contributed by atoms with Crippen molar-refractivity contribution in [3.8, 4) is 0 Å². The number of rotatable bonds is 4. The van der Waals surface area contributed by atoms with Crippen LogP contribution in [0, 0.1) is 11.3 Å². The lowest BCUT2D eigenvalue weighted by molar-refractivity contribution is -0.135. The van der Waals surface area contributed by atoms with Gasteiger partial charge in [-0.15, -0.1) is 0 Å². The fourth-order valence-corrected chi connectivity index (χ4v) is 5.33. The molecule has 1 N–H and O–H groups in total. The third kappa shape index (κ3) is 3.47. The molecule has 1 aliphatic heterocycles. The van der Waals surface area contributed by atoms with Crippen molar-refractivity contribution >= 4 is 0 Å². The minimum atomic E-state index is 0.277. The molecule has 3 fully saturated rings. The summed E-state index contributed by atoms with van der Waals surface area (Å²) in [6, 6.07) is 0.778. The van der Waals surface area contributed by atoms with Gasteiger partial charge in [-0.1, -0.05) is 33.1 Å². The Bertz CT molecular complexity index is 331. The maximum atomic E-state index is 6.32. The van der Waals surface area contributed by atoms with E-state index in [-0.39, 0.29) is 5.60 Å². The van der Waals surface area contributed by atoms with Crippen LogP contribution in [-0.2, 0) is 4.74 Å². The molecule has 3 aliphatic rings. The summed E-state index contributed by atoms with van der Waals surface area (Å²) < 4.78 is 6.32. The van der Waals surface area contributed by atoms with E-state index >= 15 is 0 Å². The first-order valence-electron chi connectivity index (χ1n) is 9.53. The van der Waals surface area contributed by atoms with Crippen LogP contribution in [0.25, 0.3) is 0 Å². The van der Waals surface area contributed by atoms with Gasteiger partial charge in [0.2, 0.25) is 0 Å². The van der Waals surface area contributed by atoms with Crippen molar-refractivity contribution in [2.24, 2.45) is 11.3 Å². The Morgan fingerprint density at radius 3 is 2.62 bits per heavy atom. The van der Waals surface area contributed by atoms with E-state index in [4.69, 9.17) is 4.74 Å². The summed E-state index contributed by atoms with van der Waals surface area (Å²) in [6.07, 6.45) is 15.0. The largest absolute Gasteiger partial charge is 0.375 e. The fourth-order valence-electron chi connectivity index (χ4n) is 5.33. The third-order valence-corrected chi connectivity index (χ3v) is 6.70. The first-order chi connectivity index (χ1) is 10.2. The average molecular weight is 293 g/mol. The Kier molecular flexibility index (Phi) is 4.95. The smallest absolute Gasteiger partial charge is 0.0685 e. The van der Waals surface area contributed by atoms with Gasteiger partial charge in [-0.05, 0) is 69.2 Å². The lowest BCUT2D eigenvalue weighted by Crippen LogP contribution is -2.45. The maximum absolute atomic E-state index is 6.32. The quantitative estimate of drug-likeness (QED) is 0.813. The van der Waals surface area contributed by atoms with Crippen LogP contribution in [-0.4, -0.2) is 24.8 Å². The van der Waals surface area contributed by atoms with Crippen molar-refractivity contribution in [2.45, 2.75) is 96.1 Å². The van der Waals surface area contributed by atoms with Crippen LogP contribution >= 0.6 is 0 Å². The van der Waals surface area contributed by atoms with Gasteiger partial charge in [-0.25, -0.2) is 0 Å². The molecule has 2 saturated carbocycles. The first kappa shape index (κ1) is 15.8. The lowest BCUT2D eigenvalue weighted by Gasteiger charge is -2.48. The van der Waals surface area contributed by atoms with E-state index in [9.17, 15) is 0 Å². The molecule has 0 radical (unpaired) electrons. The summed E-state index contributed by atoms with van der Waals surface area (Å²) in [5.74, 6) is 0.901. The molecule has 0 aromatic carbocycles. The SMILES string of the molecule is CCCNC1CCC(C)(C2CCOC3(CCCCC3)C2)C1. The second-order valence-electron chi connectivity index (χ2n) is 8.33. The van der Waals surface area contributed by atoms with Crippen LogP contribution in [0.3, 0.4) is 0 Å². The predicted octanol–water partition coefficient (Wildman–Crippen LogP) is 4.67. The Labute approximate surface area is 131 Å².